The number of carbonyl (C=O) groups is 3. The SMILES string of the molecule is Cc1c(-c2ccc(O)cc2)n(Cc2ccc(OCCCCN3CCN(C(=O)COc4cccc(N5CCC(=O)NC5=O)c4)CC3)cc2)c2ccc(O)cc12. The number of benzene rings is 4. The molecule has 7 rings (SSSR count). The van der Waals surface area contributed by atoms with Gasteiger partial charge in [-0.05, 0) is 110 Å². The van der Waals surface area contributed by atoms with Crippen LogP contribution in [0.15, 0.2) is 91.0 Å². The van der Waals surface area contributed by atoms with Crippen molar-refractivity contribution in [3.05, 3.63) is 102 Å². The third-order valence-corrected chi connectivity index (χ3v) is 10.1. The summed E-state index contributed by atoms with van der Waals surface area (Å²) in [6.07, 6.45) is 2.14. The van der Waals surface area contributed by atoms with Gasteiger partial charge in [-0.1, -0.05) is 18.2 Å². The van der Waals surface area contributed by atoms with Crippen LogP contribution < -0.4 is 19.7 Å². The normalized spacial score (nSPS) is 15.1. The number of rotatable bonds is 13. The van der Waals surface area contributed by atoms with Crippen molar-refractivity contribution in [2.45, 2.75) is 32.7 Å². The Morgan fingerprint density at radius 2 is 1.56 bits per heavy atom. The van der Waals surface area contributed by atoms with Gasteiger partial charge < -0.3 is 29.2 Å². The van der Waals surface area contributed by atoms with E-state index >= 15 is 0 Å². The van der Waals surface area contributed by atoms with E-state index < -0.39 is 6.03 Å². The second kappa shape index (κ2) is 16.3. The molecule has 12 heteroatoms. The van der Waals surface area contributed by atoms with Gasteiger partial charge >= 0.3 is 6.03 Å². The van der Waals surface area contributed by atoms with Crippen LogP contribution in [0.1, 0.15) is 30.4 Å². The molecule has 4 aromatic carbocycles. The molecule has 0 unspecified atom stereocenters. The molecular formula is C42H45N5O7. The summed E-state index contributed by atoms with van der Waals surface area (Å²) < 4.78 is 14.1. The second-order valence-electron chi connectivity index (χ2n) is 13.8. The van der Waals surface area contributed by atoms with Crippen LogP contribution in [0.5, 0.6) is 23.0 Å². The number of carbonyl (C=O) groups excluding carboxylic acids is 3. The van der Waals surface area contributed by atoms with Crippen LogP contribution in [-0.4, -0.2) is 94.9 Å². The maximum Gasteiger partial charge on any atom is 0.328 e. The van der Waals surface area contributed by atoms with E-state index in [9.17, 15) is 24.6 Å². The van der Waals surface area contributed by atoms with Crippen LogP contribution >= 0.6 is 0 Å². The number of aryl methyl sites for hydroxylation is 1. The fourth-order valence-corrected chi connectivity index (χ4v) is 7.18. The van der Waals surface area contributed by atoms with E-state index in [0.29, 0.717) is 44.2 Å². The van der Waals surface area contributed by atoms with Gasteiger partial charge in [0.05, 0.1) is 12.3 Å². The smallest absolute Gasteiger partial charge is 0.328 e. The molecule has 2 saturated heterocycles. The minimum Gasteiger partial charge on any atom is -0.508 e. The van der Waals surface area contributed by atoms with E-state index in [2.05, 4.69) is 33.8 Å². The highest BCUT2D eigenvalue weighted by Gasteiger charge is 2.25. The number of urea groups is 1. The lowest BCUT2D eigenvalue weighted by atomic mass is 10.1. The Labute approximate surface area is 314 Å². The number of phenols is 2. The minimum absolute atomic E-state index is 0.0734. The fraction of sp³-hybridized carbons (Fsp3) is 0.310. The molecule has 12 nitrogen and oxygen atoms in total. The van der Waals surface area contributed by atoms with Gasteiger partial charge in [-0.25, -0.2) is 4.79 Å². The summed E-state index contributed by atoms with van der Waals surface area (Å²) >= 11 is 0. The Bertz CT molecular complexity index is 2120. The number of hydrogen-bond acceptors (Lipinski definition) is 8. The van der Waals surface area contributed by atoms with Crippen molar-refractivity contribution in [3.63, 3.8) is 0 Å². The number of aromatic nitrogens is 1. The molecular weight excluding hydrogens is 686 g/mol. The molecule has 4 amide bonds. The summed E-state index contributed by atoms with van der Waals surface area (Å²) in [5.74, 6) is 1.40. The summed E-state index contributed by atoms with van der Waals surface area (Å²) in [6.45, 7) is 7.36. The zero-order valence-corrected chi connectivity index (χ0v) is 30.4. The molecule has 0 bridgehead atoms. The number of hydrogen-bond donors (Lipinski definition) is 3. The predicted molar refractivity (Wildman–Crippen MR) is 206 cm³/mol. The average Bonchev–Trinajstić information content (AvgIpc) is 3.44. The molecule has 0 saturated carbocycles. The van der Waals surface area contributed by atoms with Gasteiger partial charge in [0.15, 0.2) is 6.61 Å². The van der Waals surface area contributed by atoms with Crippen LogP contribution in [-0.2, 0) is 16.1 Å². The van der Waals surface area contributed by atoms with Crippen LogP contribution in [0.2, 0.25) is 0 Å². The van der Waals surface area contributed by atoms with E-state index in [-0.39, 0.29) is 36.3 Å². The Balaban J connectivity index is 0.830. The number of fused-ring (bicyclic) bond motifs is 1. The van der Waals surface area contributed by atoms with E-state index in [1.807, 2.05) is 35.2 Å². The van der Waals surface area contributed by atoms with E-state index in [0.717, 1.165) is 71.5 Å². The number of aromatic hydroxyl groups is 2. The Kier molecular flexibility index (Phi) is 11.0. The largest absolute Gasteiger partial charge is 0.508 e. The van der Waals surface area contributed by atoms with Gasteiger partial charge in [0.25, 0.3) is 5.91 Å². The first-order valence-corrected chi connectivity index (χ1v) is 18.4. The maximum atomic E-state index is 12.9. The second-order valence-corrected chi connectivity index (χ2v) is 13.8. The molecule has 2 aliphatic rings. The summed E-state index contributed by atoms with van der Waals surface area (Å²) in [6, 6.07) is 27.4. The van der Waals surface area contributed by atoms with Crippen molar-refractivity contribution in [1.29, 1.82) is 0 Å². The van der Waals surface area contributed by atoms with Crippen LogP contribution in [0, 0.1) is 6.92 Å². The topological polar surface area (TPSA) is 137 Å². The first-order valence-electron chi connectivity index (χ1n) is 18.4. The lowest BCUT2D eigenvalue weighted by Crippen LogP contribution is -2.50. The van der Waals surface area contributed by atoms with Crippen LogP contribution in [0.25, 0.3) is 22.2 Å². The third-order valence-electron chi connectivity index (χ3n) is 10.1. The fourth-order valence-electron chi connectivity index (χ4n) is 7.18. The number of nitrogens with one attached hydrogen (secondary N) is 1. The first-order chi connectivity index (χ1) is 26.2. The van der Waals surface area contributed by atoms with Gasteiger partial charge in [-0.15, -0.1) is 0 Å². The quantitative estimate of drug-likeness (QED) is 0.127. The molecule has 3 heterocycles. The lowest BCUT2D eigenvalue weighted by Gasteiger charge is -2.34. The van der Waals surface area contributed by atoms with E-state index in [1.54, 1.807) is 48.5 Å². The van der Waals surface area contributed by atoms with Gasteiger partial charge in [-0.2, -0.15) is 0 Å². The van der Waals surface area contributed by atoms with Gasteiger partial charge in [0, 0.05) is 68.3 Å². The maximum absolute atomic E-state index is 12.9. The van der Waals surface area contributed by atoms with E-state index in [4.69, 9.17) is 9.47 Å². The molecule has 2 aliphatic heterocycles. The number of piperazine rings is 1. The Hall–Kier alpha value is -6.01. The monoisotopic (exact) mass is 731 g/mol. The number of amides is 4. The molecule has 0 atom stereocenters. The van der Waals surface area contributed by atoms with E-state index in [1.165, 1.54) is 4.90 Å². The molecule has 3 N–H and O–H groups in total. The number of anilines is 1. The number of nitrogens with zero attached hydrogens (tertiary/aromatic N) is 4. The highest BCUT2D eigenvalue weighted by Crippen LogP contribution is 2.36. The van der Waals surface area contributed by atoms with Crippen molar-refractivity contribution in [2.75, 3.05) is 57.4 Å². The summed E-state index contributed by atoms with van der Waals surface area (Å²) in [4.78, 5) is 42.2. The van der Waals surface area contributed by atoms with Crippen molar-refractivity contribution >= 4 is 34.4 Å². The number of imide groups is 1. The van der Waals surface area contributed by atoms with Gasteiger partial charge in [0.2, 0.25) is 5.91 Å². The predicted octanol–water partition coefficient (Wildman–Crippen LogP) is 5.90. The number of phenolic OH excluding ortho intramolecular Hbond substituents is 2. The summed E-state index contributed by atoms with van der Waals surface area (Å²) in [5, 5.41) is 23.3. The van der Waals surface area contributed by atoms with Crippen molar-refractivity contribution in [3.8, 4) is 34.3 Å². The molecule has 0 radical (unpaired) electrons. The molecule has 2 fully saturated rings. The molecule has 1 aromatic heterocycles. The molecule has 280 valence electrons. The van der Waals surface area contributed by atoms with Crippen molar-refractivity contribution in [1.82, 2.24) is 19.7 Å². The molecule has 5 aromatic rings. The zero-order valence-electron chi connectivity index (χ0n) is 30.4. The lowest BCUT2D eigenvalue weighted by molar-refractivity contribution is -0.135. The molecule has 54 heavy (non-hydrogen) atoms. The standard InChI is InChI=1S/C42H45N5O7/c1-29-37-26-34(49)13-16-38(37)47(41(29)31-9-11-33(48)12-10-31)27-30-7-14-35(15-8-30)53-24-3-2-18-44-20-22-45(23-21-44)40(51)28-54-36-6-4-5-32(25-36)46-19-17-39(50)43-42(46)52/h4-16,25-26,48-49H,2-3,17-24,27-28H2,1H3,(H,43,50,52). The van der Waals surface area contributed by atoms with Gasteiger partial charge in [-0.3, -0.25) is 24.7 Å². The van der Waals surface area contributed by atoms with Crippen molar-refractivity contribution in [2.24, 2.45) is 0 Å². The highest BCUT2D eigenvalue weighted by atomic mass is 16.5. The van der Waals surface area contributed by atoms with Crippen LogP contribution in [0.3, 0.4) is 0 Å². The minimum atomic E-state index is -0.462. The summed E-state index contributed by atoms with van der Waals surface area (Å²) in [7, 11) is 0. The highest BCUT2D eigenvalue weighted by molar-refractivity contribution is 6.05. The van der Waals surface area contributed by atoms with Crippen LogP contribution in [0.4, 0.5) is 10.5 Å². The molecule has 0 spiro atoms. The Morgan fingerprint density at radius 3 is 2.31 bits per heavy atom. The first kappa shape index (κ1) is 36.4. The zero-order chi connectivity index (χ0) is 37.6. The summed E-state index contributed by atoms with van der Waals surface area (Å²) in [5.41, 5.74) is 5.87. The van der Waals surface area contributed by atoms with Crippen molar-refractivity contribution < 1.29 is 34.1 Å². The third kappa shape index (κ3) is 8.44. The average molecular weight is 732 g/mol. The molecule has 0 aliphatic carbocycles. The number of ether oxygens (including phenoxy) is 2. The number of unbranched alkanes of at least 4 members (excludes halogenated alkanes) is 1. The Morgan fingerprint density at radius 1 is 0.796 bits per heavy atom. The van der Waals surface area contributed by atoms with Gasteiger partial charge in [0.1, 0.15) is 23.0 Å².